The molecule has 21 rings (SSSR count). The number of methoxy groups -OCH3 is 1. The molecule has 10 aromatic carbocycles. The summed E-state index contributed by atoms with van der Waals surface area (Å²) >= 11 is 12.1. The molecular formula is C114H92Cl2F3N17O9. The highest BCUT2D eigenvalue weighted by atomic mass is 35.5. The second kappa shape index (κ2) is 52.7. The first-order valence-electron chi connectivity index (χ1n) is 44.9. The lowest BCUT2D eigenvalue weighted by atomic mass is 10.1. The van der Waals surface area contributed by atoms with Crippen molar-refractivity contribution in [2.24, 2.45) is 0 Å². The number of aryl methyl sites for hydroxylation is 1. The maximum absolute atomic E-state index is 12.7. The summed E-state index contributed by atoms with van der Waals surface area (Å²) in [6, 6.07) is 96.1. The smallest absolute Gasteiger partial charge is 0.433 e. The van der Waals surface area contributed by atoms with Crippen LogP contribution in [0.4, 0.5) is 19.1 Å². The van der Waals surface area contributed by atoms with Crippen LogP contribution in [-0.2, 0) is 12.6 Å². The zero-order valence-electron chi connectivity index (χ0n) is 77.8. The van der Waals surface area contributed by atoms with Gasteiger partial charge < -0.3 is 18.6 Å². The van der Waals surface area contributed by atoms with Crippen LogP contribution in [0.2, 0.25) is 10.0 Å². The van der Waals surface area contributed by atoms with Gasteiger partial charge in [-0.1, -0.05) is 254 Å². The number of furan rings is 1. The zero-order chi connectivity index (χ0) is 101. The van der Waals surface area contributed by atoms with Crippen molar-refractivity contribution in [1.29, 1.82) is 0 Å². The summed E-state index contributed by atoms with van der Waals surface area (Å²) < 4.78 is 62.7. The lowest BCUT2D eigenvalue weighted by molar-refractivity contribution is -0.402. The monoisotopic (exact) mass is 1970 g/mol. The Morgan fingerprint density at radius 3 is 1.33 bits per heavy atom. The molecule has 10 heterocycles. The van der Waals surface area contributed by atoms with E-state index in [-0.39, 0.29) is 29.2 Å². The number of aromatic nitrogens is 16. The maximum Gasteiger partial charge on any atom is 0.433 e. The quantitative estimate of drug-likeness (QED) is 0.0330. The van der Waals surface area contributed by atoms with E-state index < -0.39 is 16.7 Å². The normalized spacial score (nSPS) is 11.7. The van der Waals surface area contributed by atoms with Gasteiger partial charge in [-0.15, -0.1) is 0 Å². The Kier molecular flexibility index (Phi) is 37.0. The molecule has 0 atom stereocenters. The largest absolute Gasteiger partial charge is 0.497 e. The van der Waals surface area contributed by atoms with Crippen LogP contribution in [-0.4, -0.2) is 117 Å². The summed E-state index contributed by atoms with van der Waals surface area (Å²) in [5.74, 6) is 1.93. The number of nitro groups is 1. The Labute approximate surface area is 841 Å². The minimum Gasteiger partial charge on any atom is -0.497 e. The van der Waals surface area contributed by atoms with Gasteiger partial charge >= 0.3 is 12.1 Å². The number of carbonyl (C=O) groups excluding carboxylic acids is 3. The third-order valence-electron chi connectivity index (χ3n) is 20.9. The SMILES string of the molecule is C(=C\c1cccc2c1OCO2)/c1ccn[nH]1.C1=C(/C=C/c2ccn[nH]2)Cc2ccccc21.COc1ccc(C(=O)n2ccc(/C=C/c3ccccc3)n2)cc1.Cc1ccc(/C=C/c2ccn[nH]2)c(Cl)c1.FC(F)(F)c1ccccc1/C=C/c1ccn[nH]1.O=C(c1ccccc1)n1ccc(/C=C/c2ccccc2)n1.O=C(c1ccccc1Cl)n1ccc(/C=C/c2ccccc2)n1.O=[N+]([O-])c1ccc(/C=C/c2ccn[nH]2)o1. The first-order valence-corrected chi connectivity index (χ1v) is 45.7. The van der Waals surface area contributed by atoms with Crippen LogP contribution < -0.4 is 14.2 Å². The molecule has 2 aliphatic rings. The third kappa shape index (κ3) is 31.8. The lowest BCUT2D eigenvalue weighted by Gasteiger charge is -2.09. The van der Waals surface area contributed by atoms with Crippen molar-refractivity contribution in [2.45, 2.75) is 19.5 Å². The molecule has 19 aromatic rings. The van der Waals surface area contributed by atoms with Gasteiger partial charge in [0.25, 0.3) is 17.7 Å². The molecule has 1 aliphatic heterocycles. The fourth-order valence-electron chi connectivity index (χ4n) is 13.6. The highest BCUT2D eigenvalue weighted by molar-refractivity contribution is 6.34. The molecule has 0 unspecified atom stereocenters. The zero-order valence-corrected chi connectivity index (χ0v) is 79.3. The number of alkyl halides is 3. The predicted octanol–water partition coefficient (Wildman–Crippen LogP) is 26.5. The van der Waals surface area contributed by atoms with Crippen LogP contribution >= 0.6 is 23.2 Å². The predicted molar refractivity (Wildman–Crippen MR) is 564 cm³/mol. The minimum absolute atomic E-state index is 0.130. The summed E-state index contributed by atoms with van der Waals surface area (Å²) in [5.41, 5.74) is 18.3. The van der Waals surface area contributed by atoms with E-state index in [9.17, 15) is 37.7 Å². The van der Waals surface area contributed by atoms with Crippen LogP contribution in [0.1, 0.15) is 138 Å². The van der Waals surface area contributed by atoms with Gasteiger partial charge in [0.1, 0.15) is 16.4 Å². The molecule has 0 saturated carbocycles. The Hall–Kier alpha value is -19.0. The number of ether oxygens (including phenoxy) is 3. The lowest BCUT2D eigenvalue weighted by Crippen LogP contribution is -2.13. The van der Waals surface area contributed by atoms with Gasteiger partial charge in [0.15, 0.2) is 11.5 Å². The number of rotatable bonds is 21. The molecule has 31 heteroatoms. The van der Waals surface area contributed by atoms with Crippen LogP contribution in [0.3, 0.4) is 0 Å². The topological polar surface area (TPSA) is 332 Å². The van der Waals surface area contributed by atoms with E-state index >= 15 is 0 Å². The van der Waals surface area contributed by atoms with E-state index in [1.807, 2.05) is 238 Å². The van der Waals surface area contributed by atoms with Gasteiger partial charge in [0.05, 0.1) is 74.9 Å². The first kappa shape index (κ1) is 102. The highest BCUT2D eigenvalue weighted by Crippen LogP contribution is 2.37. The number of allylic oxidation sites excluding steroid dienone is 2. The maximum atomic E-state index is 12.7. The molecule has 0 bridgehead atoms. The van der Waals surface area contributed by atoms with Crippen molar-refractivity contribution in [1.82, 2.24) is 80.3 Å². The number of carbonyl (C=O) groups is 3. The van der Waals surface area contributed by atoms with Crippen molar-refractivity contribution in [2.75, 3.05) is 13.9 Å². The summed E-state index contributed by atoms with van der Waals surface area (Å²) in [5, 5.41) is 57.5. The Balaban J connectivity index is 0.000000132. The van der Waals surface area contributed by atoms with Crippen LogP contribution in [0.25, 0.3) is 97.2 Å². The standard InChI is InChI=1S/C19H16N2O2.C18H13ClN2O.C18H14N2O.C14H12N2.C12H11ClN2.C12H9F3N2.C12H10N2O2.C9H7N3O3/c1-23-18-11-8-16(9-12-18)19(22)21-14-13-17(20-21)10-7-15-5-3-2-4-6-15;19-17-9-5-4-8-16(17)18(22)21-13-12-15(20-21)11-10-14-6-2-1-3-7-14;21-18(16-9-5-2-6-10-16)20-14-13-17(19-20)12-11-15-7-3-1-4-8-15;1-2-4-13-10-11(9-12(13)3-1)5-6-14-7-8-15-16-14;1-9-2-3-10(12(13)8-9)4-5-11-6-7-14-15-11;13-12(14,15)11-4-2-1-3-9(11)5-6-10-7-8-16-17-10;1-2-9(4-5-10-6-7-13-14-10)12-11(3-1)15-8-16-12;13-12(14)9-4-3-8(15-9)2-1-7-5-6-10-11-7/h2-14H,1H3;1-13H;1-14H;1-9H,10H2,(H,15,16);2-8H,1H3,(H,14,15);1-8H,(H,16,17);1-7H,8H2,(H,13,14);1-6H,(H,10,11)/b10-7+;11-10+;12-11+;6-5+;5-4+;6-5+;5-4+;2-1+. The van der Waals surface area contributed by atoms with Gasteiger partial charge in [0, 0.05) is 71.3 Å². The summed E-state index contributed by atoms with van der Waals surface area (Å²) in [6.07, 6.45) is 42.1. The third-order valence-corrected chi connectivity index (χ3v) is 21.6. The minimum atomic E-state index is -4.34. The molecule has 9 aromatic heterocycles. The van der Waals surface area contributed by atoms with Gasteiger partial charge in [0.2, 0.25) is 6.79 Å². The number of para-hydroxylation sites is 1. The molecule has 0 saturated heterocycles. The highest BCUT2D eigenvalue weighted by Gasteiger charge is 2.32. The molecule has 0 fully saturated rings. The van der Waals surface area contributed by atoms with Gasteiger partial charge in [-0.25, -0.2) is 14.0 Å². The number of nitrogens with zero attached hydrogens (tertiary/aromatic N) is 12. The van der Waals surface area contributed by atoms with Crippen molar-refractivity contribution >= 4 is 144 Å². The molecule has 26 nitrogen and oxygen atoms in total. The van der Waals surface area contributed by atoms with Gasteiger partial charge in [-0.05, 0) is 246 Å². The molecule has 145 heavy (non-hydrogen) atoms. The molecule has 1 aliphatic carbocycles. The van der Waals surface area contributed by atoms with Crippen LogP contribution in [0.5, 0.6) is 17.2 Å². The molecule has 5 N–H and O–H groups in total. The van der Waals surface area contributed by atoms with E-state index in [2.05, 4.69) is 109 Å². The fourth-order valence-corrected chi connectivity index (χ4v) is 14.1. The molecule has 0 radical (unpaired) electrons. The van der Waals surface area contributed by atoms with Crippen LogP contribution in [0.15, 0.2) is 381 Å². The number of fused-ring (bicyclic) bond motifs is 2. The molecular weight excluding hydrogens is 1880 g/mol. The van der Waals surface area contributed by atoms with Crippen molar-refractivity contribution in [3.63, 3.8) is 0 Å². The molecule has 0 amide bonds. The number of hydrogen-bond acceptors (Lipinski definition) is 17. The summed E-state index contributed by atoms with van der Waals surface area (Å²) in [4.78, 5) is 46.7. The van der Waals surface area contributed by atoms with E-state index in [4.69, 9.17) is 41.8 Å². The summed E-state index contributed by atoms with van der Waals surface area (Å²) in [6.45, 7) is 2.32. The van der Waals surface area contributed by atoms with E-state index in [1.54, 1.807) is 160 Å². The fraction of sp³-hybridized carbons (Fsp3) is 0.0439. The average molecular weight is 1970 g/mol. The Bertz CT molecular complexity index is 7640. The Morgan fingerprint density at radius 2 is 0.855 bits per heavy atom. The van der Waals surface area contributed by atoms with E-state index in [0.29, 0.717) is 51.4 Å². The first-order chi connectivity index (χ1) is 70.8. The Morgan fingerprint density at radius 1 is 0.414 bits per heavy atom. The van der Waals surface area contributed by atoms with Crippen molar-refractivity contribution in [3.05, 3.63) is 520 Å². The number of halogens is 5. The average Bonchev–Trinajstić information content (AvgIpc) is 1.65. The van der Waals surface area contributed by atoms with E-state index in [1.165, 1.54) is 72.8 Å². The number of hydrogen-bond donors (Lipinski definition) is 5. The summed E-state index contributed by atoms with van der Waals surface area (Å²) in [7, 11) is 1.59. The van der Waals surface area contributed by atoms with Crippen LogP contribution in [0, 0.1) is 17.0 Å². The van der Waals surface area contributed by atoms with Gasteiger partial charge in [-0.3, -0.25) is 50.0 Å². The number of aromatic amines is 5. The van der Waals surface area contributed by atoms with Gasteiger partial charge in [-0.2, -0.15) is 54.0 Å². The van der Waals surface area contributed by atoms with E-state index in [0.717, 1.165) is 91.0 Å². The molecule has 722 valence electrons. The second-order valence-electron chi connectivity index (χ2n) is 31.2. The number of H-pyrrole nitrogens is 5. The van der Waals surface area contributed by atoms with Crippen molar-refractivity contribution in [3.8, 4) is 17.2 Å². The number of nitrogens with one attached hydrogen (secondary N) is 5. The number of benzene rings is 10. The van der Waals surface area contributed by atoms with Crippen molar-refractivity contribution < 1.29 is 51.1 Å². The molecule has 0 spiro atoms. The second-order valence-corrected chi connectivity index (χ2v) is 32.0.